The van der Waals surface area contributed by atoms with Gasteiger partial charge in [0.25, 0.3) is 0 Å². The topological polar surface area (TPSA) is 49.3 Å². The highest BCUT2D eigenvalue weighted by atomic mass is 35.5. The minimum atomic E-state index is 0.834. The SMILES string of the molecule is CCc1cnc(CCNC(=NC)NCCCc2ccccc2Cl)s1. The molecule has 0 fully saturated rings. The quantitative estimate of drug-likeness (QED) is 0.426. The van der Waals surface area contributed by atoms with Crippen LogP contribution in [0.15, 0.2) is 35.5 Å². The molecule has 0 spiro atoms. The van der Waals surface area contributed by atoms with Gasteiger partial charge in [-0.3, -0.25) is 4.99 Å². The molecule has 130 valence electrons. The Morgan fingerprint density at radius 3 is 2.71 bits per heavy atom. The fraction of sp³-hybridized carbons (Fsp3) is 0.444. The summed E-state index contributed by atoms with van der Waals surface area (Å²) in [5.41, 5.74) is 1.19. The minimum absolute atomic E-state index is 0.834. The molecule has 0 aliphatic heterocycles. The second-order valence-corrected chi connectivity index (χ2v) is 7.05. The number of aromatic nitrogens is 1. The van der Waals surface area contributed by atoms with Crippen molar-refractivity contribution in [3.63, 3.8) is 0 Å². The van der Waals surface area contributed by atoms with Crippen molar-refractivity contribution in [3.05, 3.63) is 50.9 Å². The highest BCUT2D eigenvalue weighted by Gasteiger charge is 2.03. The van der Waals surface area contributed by atoms with Crippen LogP contribution in [0.2, 0.25) is 5.02 Å². The Hall–Kier alpha value is -1.59. The Bertz CT molecular complexity index is 654. The van der Waals surface area contributed by atoms with Crippen LogP contribution in [0.3, 0.4) is 0 Å². The molecule has 0 unspecified atom stereocenters. The molecule has 0 bridgehead atoms. The van der Waals surface area contributed by atoms with Crippen LogP contribution in [0, 0.1) is 0 Å². The van der Waals surface area contributed by atoms with E-state index < -0.39 is 0 Å². The van der Waals surface area contributed by atoms with Crippen molar-refractivity contribution in [2.24, 2.45) is 4.99 Å². The van der Waals surface area contributed by atoms with E-state index in [0.717, 1.165) is 49.8 Å². The van der Waals surface area contributed by atoms with Crippen molar-refractivity contribution in [1.29, 1.82) is 0 Å². The van der Waals surface area contributed by atoms with Crippen molar-refractivity contribution in [1.82, 2.24) is 15.6 Å². The molecule has 0 saturated carbocycles. The molecule has 1 aromatic carbocycles. The third-order valence-corrected chi connectivity index (χ3v) is 5.25. The highest BCUT2D eigenvalue weighted by molar-refractivity contribution is 7.11. The smallest absolute Gasteiger partial charge is 0.190 e. The van der Waals surface area contributed by atoms with E-state index in [1.54, 1.807) is 18.4 Å². The highest BCUT2D eigenvalue weighted by Crippen LogP contribution is 2.16. The van der Waals surface area contributed by atoms with Gasteiger partial charge in [0.2, 0.25) is 0 Å². The average Bonchev–Trinajstić information content (AvgIpc) is 3.06. The van der Waals surface area contributed by atoms with Crippen molar-refractivity contribution in [2.75, 3.05) is 20.1 Å². The van der Waals surface area contributed by atoms with Crippen molar-refractivity contribution in [3.8, 4) is 0 Å². The summed E-state index contributed by atoms with van der Waals surface area (Å²) in [6, 6.07) is 8.00. The van der Waals surface area contributed by atoms with Gasteiger partial charge in [0.15, 0.2) is 5.96 Å². The molecule has 0 aliphatic rings. The first kappa shape index (κ1) is 18.7. The molecule has 0 saturated heterocycles. The van der Waals surface area contributed by atoms with Gasteiger partial charge in [0, 0.05) is 42.7 Å². The molecule has 1 heterocycles. The molecule has 0 amide bonds. The van der Waals surface area contributed by atoms with E-state index in [0.29, 0.717) is 0 Å². The lowest BCUT2D eigenvalue weighted by Gasteiger charge is -2.11. The normalized spacial score (nSPS) is 11.5. The number of halogens is 1. The molecule has 0 aliphatic carbocycles. The Morgan fingerprint density at radius 1 is 1.21 bits per heavy atom. The molecule has 2 rings (SSSR count). The summed E-state index contributed by atoms with van der Waals surface area (Å²) in [6.45, 7) is 3.85. The van der Waals surface area contributed by atoms with Crippen LogP contribution in [-0.2, 0) is 19.3 Å². The Labute approximate surface area is 153 Å². The number of aryl methyl sites for hydroxylation is 2. The second-order valence-electron chi connectivity index (χ2n) is 5.44. The molecule has 24 heavy (non-hydrogen) atoms. The molecular formula is C18H25ClN4S. The van der Waals surface area contributed by atoms with Crippen LogP contribution in [0.4, 0.5) is 0 Å². The predicted octanol–water partition coefficient (Wildman–Crippen LogP) is 3.70. The molecule has 6 heteroatoms. The first-order valence-electron chi connectivity index (χ1n) is 8.34. The fourth-order valence-corrected chi connectivity index (χ4v) is 3.41. The van der Waals surface area contributed by atoms with Crippen LogP contribution in [0.1, 0.15) is 28.8 Å². The maximum Gasteiger partial charge on any atom is 0.190 e. The van der Waals surface area contributed by atoms with Crippen molar-refractivity contribution < 1.29 is 0 Å². The van der Waals surface area contributed by atoms with E-state index in [9.17, 15) is 0 Å². The summed E-state index contributed by atoms with van der Waals surface area (Å²) in [4.78, 5) is 10.0. The van der Waals surface area contributed by atoms with Crippen molar-refractivity contribution >= 4 is 28.9 Å². The zero-order chi connectivity index (χ0) is 17.2. The molecular weight excluding hydrogens is 340 g/mol. The van der Waals surface area contributed by atoms with Gasteiger partial charge in [0.05, 0.1) is 5.01 Å². The number of hydrogen-bond donors (Lipinski definition) is 2. The van der Waals surface area contributed by atoms with Gasteiger partial charge in [-0.1, -0.05) is 36.7 Å². The van der Waals surface area contributed by atoms with Gasteiger partial charge in [0.1, 0.15) is 0 Å². The molecule has 2 N–H and O–H groups in total. The number of nitrogens with zero attached hydrogens (tertiary/aromatic N) is 2. The minimum Gasteiger partial charge on any atom is -0.356 e. The number of nitrogens with one attached hydrogen (secondary N) is 2. The average molecular weight is 365 g/mol. The van der Waals surface area contributed by atoms with Gasteiger partial charge in [-0.15, -0.1) is 11.3 Å². The lowest BCUT2D eigenvalue weighted by atomic mass is 10.1. The zero-order valence-electron chi connectivity index (χ0n) is 14.3. The third kappa shape index (κ3) is 6.13. The van der Waals surface area contributed by atoms with Crippen LogP contribution in [-0.4, -0.2) is 31.1 Å². The summed E-state index contributed by atoms with van der Waals surface area (Å²) in [7, 11) is 1.79. The number of hydrogen-bond acceptors (Lipinski definition) is 3. The van der Waals surface area contributed by atoms with Crippen LogP contribution >= 0.6 is 22.9 Å². The number of benzene rings is 1. The lowest BCUT2D eigenvalue weighted by Crippen LogP contribution is -2.38. The van der Waals surface area contributed by atoms with E-state index in [-0.39, 0.29) is 0 Å². The Balaban J connectivity index is 1.64. The maximum absolute atomic E-state index is 6.17. The van der Waals surface area contributed by atoms with E-state index >= 15 is 0 Å². The largest absolute Gasteiger partial charge is 0.356 e. The van der Waals surface area contributed by atoms with Crippen molar-refractivity contribution in [2.45, 2.75) is 32.6 Å². The molecule has 1 aromatic heterocycles. The lowest BCUT2D eigenvalue weighted by molar-refractivity contribution is 0.738. The zero-order valence-corrected chi connectivity index (χ0v) is 15.9. The maximum atomic E-state index is 6.17. The van der Waals surface area contributed by atoms with Crippen LogP contribution in [0.5, 0.6) is 0 Å². The number of rotatable bonds is 8. The molecule has 4 nitrogen and oxygen atoms in total. The van der Waals surface area contributed by atoms with E-state index in [4.69, 9.17) is 11.6 Å². The summed E-state index contributed by atoms with van der Waals surface area (Å²) in [5.74, 6) is 0.835. The van der Waals surface area contributed by atoms with E-state index in [1.165, 1.54) is 15.4 Å². The van der Waals surface area contributed by atoms with Gasteiger partial charge in [-0.25, -0.2) is 4.98 Å². The summed E-state index contributed by atoms with van der Waals surface area (Å²) in [5, 5.41) is 8.69. The summed E-state index contributed by atoms with van der Waals surface area (Å²) < 4.78 is 0. The molecule has 2 aromatic rings. The standard InChI is InChI=1S/C18H25ClN4S/c1-3-15-13-23-17(24-15)10-12-22-18(20-2)21-11-6-8-14-7-4-5-9-16(14)19/h4-5,7,9,13H,3,6,8,10-12H2,1-2H3,(H2,20,21,22). The van der Waals surface area contributed by atoms with Gasteiger partial charge in [-0.2, -0.15) is 0 Å². The fourth-order valence-electron chi connectivity index (χ4n) is 2.32. The first-order valence-corrected chi connectivity index (χ1v) is 9.54. The van der Waals surface area contributed by atoms with Crippen LogP contribution in [0.25, 0.3) is 0 Å². The van der Waals surface area contributed by atoms with E-state index in [2.05, 4.69) is 33.6 Å². The van der Waals surface area contributed by atoms with E-state index in [1.807, 2.05) is 24.4 Å². The summed E-state index contributed by atoms with van der Waals surface area (Å²) in [6.07, 6.45) is 5.92. The monoisotopic (exact) mass is 364 g/mol. The summed E-state index contributed by atoms with van der Waals surface area (Å²) >= 11 is 7.96. The van der Waals surface area contributed by atoms with Gasteiger partial charge in [-0.05, 0) is 30.9 Å². The molecule has 0 radical (unpaired) electrons. The molecule has 0 atom stereocenters. The number of thiazole rings is 1. The third-order valence-electron chi connectivity index (χ3n) is 3.68. The van der Waals surface area contributed by atoms with Gasteiger partial charge >= 0.3 is 0 Å². The number of guanidine groups is 1. The second kappa shape index (κ2) is 10.3. The van der Waals surface area contributed by atoms with Crippen LogP contribution < -0.4 is 10.6 Å². The van der Waals surface area contributed by atoms with Gasteiger partial charge < -0.3 is 10.6 Å². The predicted molar refractivity (Wildman–Crippen MR) is 104 cm³/mol. The number of aliphatic imine (C=N–C) groups is 1. The Morgan fingerprint density at radius 2 is 2.00 bits per heavy atom. The first-order chi connectivity index (χ1) is 11.7. The Kier molecular flexibility index (Phi) is 8.05.